The van der Waals surface area contributed by atoms with Crippen LogP contribution in [0.4, 0.5) is 11.4 Å². The van der Waals surface area contributed by atoms with E-state index in [1.165, 1.54) is 6.07 Å². The Balaban J connectivity index is 2.72. The van der Waals surface area contributed by atoms with Crippen LogP contribution in [0.15, 0.2) is 24.3 Å². The summed E-state index contributed by atoms with van der Waals surface area (Å²) >= 11 is 1.73. The molecule has 0 radical (unpaired) electrons. The van der Waals surface area contributed by atoms with Gasteiger partial charge in [0.25, 0.3) is 5.69 Å². The molecule has 0 spiro atoms. The molecule has 0 aliphatic carbocycles. The number of para-hydroxylation sites is 2. The van der Waals surface area contributed by atoms with E-state index < -0.39 is 0 Å². The number of nitrogens with one attached hydrogen (secondary N) is 1. The van der Waals surface area contributed by atoms with Gasteiger partial charge in [-0.25, -0.2) is 0 Å². The van der Waals surface area contributed by atoms with Crippen LogP contribution in [0.1, 0.15) is 6.92 Å². The fourth-order valence-electron chi connectivity index (χ4n) is 1.12. The third-order valence-electron chi connectivity index (χ3n) is 2.08. The highest BCUT2D eigenvalue weighted by molar-refractivity contribution is 7.99. The SMILES string of the molecule is CSC(C)CNc1ccccc1[N+](=O)[O-]. The molecule has 0 bridgehead atoms. The molecule has 0 amide bonds. The summed E-state index contributed by atoms with van der Waals surface area (Å²) in [5, 5.41) is 14.2. The van der Waals surface area contributed by atoms with E-state index in [9.17, 15) is 10.1 Å². The van der Waals surface area contributed by atoms with Gasteiger partial charge in [0.1, 0.15) is 5.69 Å². The van der Waals surface area contributed by atoms with Crippen LogP contribution in [0.5, 0.6) is 0 Å². The first-order valence-electron chi connectivity index (χ1n) is 4.65. The van der Waals surface area contributed by atoms with Crippen molar-refractivity contribution < 1.29 is 4.92 Å². The Bertz CT molecular complexity index is 344. The van der Waals surface area contributed by atoms with E-state index in [1.54, 1.807) is 30.0 Å². The number of anilines is 1. The molecule has 1 aromatic rings. The fraction of sp³-hybridized carbons (Fsp3) is 0.400. The average Bonchev–Trinajstić information content (AvgIpc) is 2.26. The van der Waals surface area contributed by atoms with E-state index in [0.717, 1.165) is 6.54 Å². The first-order valence-corrected chi connectivity index (χ1v) is 5.94. The molecule has 1 rings (SSSR count). The zero-order valence-corrected chi connectivity index (χ0v) is 9.58. The molecule has 1 unspecified atom stereocenters. The van der Waals surface area contributed by atoms with Crippen LogP contribution >= 0.6 is 11.8 Å². The molecule has 1 N–H and O–H groups in total. The molecule has 1 atom stereocenters. The number of benzene rings is 1. The molecule has 4 nitrogen and oxygen atoms in total. The minimum absolute atomic E-state index is 0.130. The van der Waals surface area contributed by atoms with Gasteiger partial charge in [-0.1, -0.05) is 19.1 Å². The molecular weight excluding hydrogens is 212 g/mol. The van der Waals surface area contributed by atoms with Crippen molar-refractivity contribution in [2.45, 2.75) is 12.2 Å². The van der Waals surface area contributed by atoms with Crippen LogP contribution in [0, 0.1) is 10.1 Å². The monoisotopic (exact) mass is 226 g/mol. The maximum absolute atomic E-state index is 10.7. The molecule has 0 saturated heterocycles. The molecule has 0 aromatic heterocycles. The number of thioether (sulfide) groups is 1. The van der Waals surface area contributed by atoms with Crippen molar-refractivity contribution in [1.29, 1.82) is 0 Å². The quantitative estimate of drug-likeness (QED) is 0.619. The Morgan fingerprint density at radius 3 is 2.80 bits per heavy atom. The average molecular weight is 226 g/mol. The van der Waals surface area contributed by atoms with E-state index in [4.69, 9.17) is 0 Å². The Hall–Kier alpha value is -1.23. The van der Waals surface area contributed by atoms with Crippen molar-refractivity contribution in [3.8, 4) is 0 Å². The molecule has 0 fully saturated rings. The molecular formula is C10H14N2O2S. The van der Waals surface area contributed by atoms with Crippen LogP contribution < -0.4 is 5.32 Å². The van der Waals surface area contributed by atoms with E-state index in [-0.39, 0.29) is 10.6 Å². The number of nitro benzene ring substituents is 1. The molecule has 1 aromatic carbocycles. The number of rotatable bonds is 5. The highest BCUT2D eigenvalue weighted by Crippen LogP contribution is 2.23. The third kappa shape index (κ3) is 3.43. The van der Waals surface area contributed by atoms with Gasteiger partial charge in [-0.3, -0.25) is 10.1 Å². The lowest BCUT2D eigenvalue weighted by atomic mass is 10.2. The van der Waals surface area contributed by atoms with Crippen LogP contribution in [0.25, 0.3) is 0 Å². The van der Waals surface area contributed by atoms with Gasteiger partial charge in [-0.15, -0.1) is 0 Å². The number of hydrogen-bond acceptors (Lipinski definition) is 4. The van der Waals surface area contributed by atoms with E-state index in [2.05, 4.69) is 12.2 Å². The van der Waals surface area contributed by atoms with Crippen molar-refractivity contribution in [1.82, 2.24) is 0 Å². The summed E-state index contributed by atoms with van der Waals surface area (Å²) in [6.45, 7) is 2.80. The highest BCUT2D eigenvalue weighted by Gasteiger charge is 2.12. The smallest absolute Gasteiger partial charge is 0.292 e. The first kappa shape index (κ1) is 11.8. The maximum atomic E-state index is 10.7. The Labute approximate surface area is 93.2 Å². The lowest BCUT2D eigenvalue weighted by Crippen LogP contribution is -2.13. The Morgan fingerprint density at radius 1 is 1.53 bits per heavy atom. The minimum atomic E-state index is -0.369. The van der Waals surface area contributed by atoms with Gasteiger partial charge >= 0.3 is 0 Å². The number of nitrogens with zero attached hydrogens (tertiary/aromatic N) is 1. The van der Waals surface area contributed by atoms with Crippen LogP contribution in [0.3, 0.4) is 0 Å². The van der Waals surface area contributed by atoms with Crippen molar-refractivity contribution in [2.75, 3.05) is 18.1 Å². The molecule has 0 aliphatic rings. The first-order chi connectivity index (χ1) is 7.15. The van der Waals surface area contributed by atoms with E-state index >= 15 is 0 Å². The van der Waals surface area contributed by atoms with Gasteiger partial charge in [0.05, 0.1) is 4.92 Å². The predicted octanol–water partition coefficient (Wildman–Crippen LogP) is 2.76. The Kier molecular flexibility index (Phi) is 4.42. The lowest BCUT2D eigenvalue weighted by Gasteiger charge is -2.10. The zero-order valence-electron chi connectivity index (χ0n) is 8.77. The summed E-state index contributed by atoms with van der Waals surface area (Å²) in [5.41, 5.74) is 0.717. The summed E-state index contributed by atoms with van der Waals surface area (Å²) in [7, 11) is 0. The second-order valence-corrected chi connectivity index (χ2v) is 4.48. The van der Waals surface area contributed by atoms with Gasteiger partial charge in [0, 0.05) is 17.9 Å². The van der Waals surface area contributed by atoms with Gasteiger partial charge in [0.2, 0.25) is 0 Å². The van der Waals surface area contributed by atoms with Crippen LogP contribution in [-0.2, 0) is 0 Å². The van der Waals surface area contributed by atoms with Gasteiger partial charge < -0.3 is 5.32 Å². The highest BCUT2D eigenvalue weighted by atomic mass is 32.2. The summed E-state index contributed by atoms with van der Waals surface area (Å²) in [4.78, 5) is 10.3. The van der Waals surface area contributed by atoms with Gasteiger partial charge in [0.15, 0.2) is 0 Å². The number of nitro groups is 1. The molecule has 0 saturated carbocycles. The Morgan fingerprint density at radius 2 is 2.20 bits per heavy atom. The third-order valence-corrected chi connectivity index (χ3v) is 3.05. The van der Waals surface area contributed by atoms with E-state index in [1.807, 2.05) is 6.26 Å². The fourth-order valence-corrected chi connectivity index (χ4v) is 1.37. The largest absolute Gasteiger partial charge is 0.378 e. The van der Waals surface area contributed by atoms with Crippen molar-refractivity contribution in [3.05, 3.63) is 34.4 Å². The van der Waals surface area contributed by atoms with Crippen LogP contribution in [0.2, 0.25) is 0 Å². The summed E-state index contributed by atoms with van der Waals surface area (Å²) in [6.07, 6.45) is 2.02. The number of hydrogen-bond donors (Lipinski definition) is 1. The maximum Gasteiger partial charge on any atom is 0.292 e. The molecule has 0 aliphatic heterocycles. The second kappa shape index (κ2) is 5.60. The molecule has 82 valence electrons. The van der Waals surface area contributed by atoms with E-state index in [0.29, 0.717) is 10.9 Å². The second-order valence-electron chi connectivity index (χ2n) is 3.20. The van der Waals surface area contributed by atoms with Crippen molar-refractivity contribution in [3.63, 3.8) is 0 Å². The van der Waals surface area contributed by atoms with Crippen molar-refractivity contribution in [2.24, 2.45) is 0 Å². The lowest BCUT2D eigenvalue weighted by molar-refractivity contribution is -0.384. The molecule has 15 heavy (non-hydrogen) atoms. The summed E-state index contributed by atoms with van der Waals surface area (Å²) in [5.74, 6) is 0. The predicted molar refractivity (Wildman–Crippen MR) is 64.6 cm³/mol. The van der Waals surface area contributed by atoms with Crippen LogP contribution in [-0.4, -0.2) is 23.0 Å². The van der Waals surface area contributed by atoms with Crippen molar-refractivity contribution >= 4 is 23.1 Å². The minimum Gasteiger partial charge on any atom is -0.378 e. The standard InChI is InChI=1S/C10H14N2O2S/c1-8(15-2)7-11-9-5-3-4-6-10(9)12(13)14/h3-6,8,11H,7H2,1-2H3. The molecule has 0 heterocycles. The van der Waals surface area contributed by atoms with Gasteiger partial charge in [-0.2, -0.15) is 11.8 Å². The zero-order chi connectivity index (χ0) is 11.3. The van der Waals surface area contributed by atoms with Gasteiger partial charge in [-0.05, 0) is 12.3 Å². The molecule has 5 heteroatoms. The normalized spacial score (nSPS) is 12.1. The summed E-state index contributed by atoms with van der Waals surface area (Å²) < 4.78 is 0. The topological polar surface area (TPSA) is 55.2 Å². The summed E-state index contributed by atoms with van der Waals surface area (Å²) in [6, 6.07) is 6.69.